The van der Waals surface area contributed by atoms with Crippen LogP contribution in [0.25, 0.3) is 0 Å². The molecule has 1 aromatic rings. The summed E-state index contributed by atoms with van der Waals surface area (Å²) >= 11 is 11.9. The van der Waals surface area contributed by atoms with Crippen LogP contribution in [-0.4, -0.2) is 41.5 Å². The van der Waals surface area contributed by atoms with E-state index in [0.717, 1.165) is 25.8 Å². The van der Waals surface area contributed by atoms with Crippen LogP contribution >= 0.6 is 23.2 Å². The van der Waals surface area contributed by atoms with Crippen molar-refractivity contribution in [2.24, 2.45) is 0 Å². The first-order chi connectivity index (χ1) is 9.11. The van der Waals surface area contributed by atoms with Crippen molar-refractivity contribution in [3.8, 4) is 0 Å². The van der Waals surface area contributed by atoms with Crippen molar-refractivity contribution in [2.75, 3.05) is 19.7 Å². The number of carbonyl (C=O) groups is 1. The molecule has 2 rings (SSSR count). The molecule has 104 valence electrons. The summed E-state index contributed by atoms with van der Waals surface area (Å²) in [5.41, 5.74) is 0.494. The summed E-state index contributed by atoms with van der Waals surface area (Å²) in [6.07, 6.45) is 3.12. The second-order valence-electron chi connectivity index (χ2n) is 4.85. The van der Waals surface area contributed by atoms with Crippen LogP contribution in [0.4, 0.5) is 0 Å². The summed E-state index contributed by atoms with van der Waals surface area (Å²) in [5.74, 6) is -0.0259. The van der Waals surface area contributed by atoms with Crippen LogP contribution in [-0.2, 0) is 0 Å². The van der Waals surface area contributed by atoms with Gasteiger partial charge >= 0.3 is 0 Å². The molecule has 0 aromatic heterocycles. The molecule has 1 saturated heterocycles. The van der Waals surface area contributed by atoms with Crippen LogP contribution in [0.3, 0.4) is 0 Å². The molecule has 1 atom stereocenters. The van der Waals surface area contributed by atoms with Crippen LogP contribution in [0.15, 0.2) is 18.2 Å². The van der Waals surface area contributed by atoms with E-state index in [-0.39, 0.29) is 18.4 Å². The molecule has 0 radical (unpaired) electrons. The summed E-state index contributed by atoms with van der Waals surface area (Å²) in [5, 5.41) is 10.2. The summed E-state index contributed by atoms with van der Waals surface area (Å²) in [7, 11) is 0. The minimum Gasteiger partial charge on any atom is -0.395 e. The van der Waals surface area contributed by atoms with E-state index >= 15 is 0 Å². The van der Waals surface area contributed by atoms with Crippen molar-refractivity contribution in [1.29, 1.82) is 0 Å². The molecule has 1 heterocycles. The molecule has 1 unspecified atom stereocenters. The van der Waals surface area contributed by atoms with E-state index < -0.39 is 0 Å². The first-order valence-electron chi connectivity index (χ1n) is 6.45. The number of rotatable bonds is 4. The van der Waals surface area contributed by atoms with Gasteiger partial charge in [-0.1, -0.05) is 29.6 Å². The molecule has 1 fully saturated rings. The van der Waals surface area contributed by atoms with Gasteiger partial charge in [0.25, 0.3) is 0 Å². The van der Waals surface area contributed by atoms with Crippen LogP contribution in [0.1, 0.15) is 29.6 Å². The third kappa shape index (κ3) is 3.69. The highest BCUT2D eigenvalue weighted by atomic mass is 35.5. The third-order valence-corrected chi connectivity index (χ3v) is 4.09. The Morgan fingerprint density at radius 1 is 1.37 bits per heavy atom. The number of ketones is 1. The fourth-order valence-electron chi connectivity index (χ4n) is 2.46. The van der Waals surface area contributed by atoms with Gasteiger partial charge in [0.05, 0.1) is 18.2 Å². The standard InChI is InChI=1S/C14H17Cl2NO2/c15-10-4-5-12(13(16)7-10)14(19)8-17-6-2-1-3-11(17)9-18/h4-5,7,11,18H,1-3,6,8-9H2. The average molecular weight is 302 g/mol. The van der Waals surface area contributed by atoms with Gasteiger partial charge in [-0.25, -0.2) is 0 Å². The number of aliphatic hydroxyl groups excluding tert-OH is 1. The molecule has 0 bridgehead atoms. The van der Waals surface area contributed by atoms with E-state index in [2.05, 4.69) is 0 Å². The number of hydrogen-bond donors (Lipinski definition) is 1. The Kier molecular flexibility index (Phi) is 5.22. The number of Topliss-reactive ketones (excluding diaryl/α,β-unsaturated/α-hetero) is 1. The van der Waals surface area contributed by atoms with Gasteiger partial charge < -0.3 is 5.11 Å². The van der Waals surface area contributed by atoms with E-state index in [1.165, 1.54) is 0 Å². The number of hydrogen-bond acceptors (Lipinski definition) is 3. The van der Waals surface area contributed by atoms with Gasteiger partial charge in [0.2, 0.25) is 0 Å². The molecule has 0 saturated carbocycles. The lowest BCUT2D eigenvalue weighted by Gasteiger charge is -2.33. The lowest BCUT2D eigenvalue weighted by Crippen LogP contribution is -2.44. The highest BCUT2D eigenvalue weighted by Crippen LogP contribution is 2.23. The smallest absolute Gasteiger partial charge is 0.178 e. The molecular formula is C14H17Cl2NO2. The van der Waals surface area contributed by atoms with Crippen molar-refractivity contribution in [1.82, 2.24) is 4.90 Å². The van der Waals surface area contributed by atoms with Crippen molar-refractivity contribution in [2.45, 2.75) is 25.3 Å². The highest BCUT2D eigenvalue weighted by molar-refractivity contribution is 6.36. The number of piperidine rings is 1. The Labute approximate surface area is 123 Å². The normalized spacial score (nSPS) is 20.5. The molecule has 3 nitrogen and oxygen atoms in total. The van der Waals surface area contributed by atoms with Crippen LogP contribution in [0.5, 0.6) is 0 Å². The van der Waals surface area contributed by atoms with E-state index in [0.29, 0.717) is 22.2 Å². The average Bonchev–Trinajstić information content (AvgIpc) is 2.39. The maximum absolute atomic E-state index is 12.3. The molecule has 0 aliphatic carbocycles. The second kappa shape index (κ2) is 6.71. The predicted molar refractivity (Wildman–Crippen MR) is 77.1 cm³/mol. The fourth-order valence-corrected chi connectivity index (χ4v) is 2.97. The van der Waals surface area contributed by atoms with Crippen molar-refractivity contribution < 1.29 is 9.90 Å². The summed E-state index contributed by atoms with van der Waals surface area (Å²) in [6.45, 7) is 1.25. The molecule has 1 aliphatic rings. The van der Waals surface area contributed by atoms with Gasteiger partial charge in [-0.3, -0.25) is 9.69 Å². The SMILES string of the molecule is O=C(CN1CCCCC1CO)c1ccc(Cl)cc1Cl. The summed E-state index contributed by atoms with van der Waals surface area (Å²) in [4.78, 5) is 14.3. The Bertz CT molecular complexity index is 465. The summed E-state index contributed by atoms with van der Waals surface area (Å²) in [6, 6.07) is 4.99. The molecule has 1 aliphatic heterocycles. The Morgan fingerprint density at radius 3 is 2.84 bits per heavy atom. The molecule has 5 heteroatoms. The lowest BCUT2D eigenvalue weighted by atomic mass is 10.0. The van der Waals surface area contributed by atoms with Gasteiger partial charge in [-0.15, -0.1) is 0 Å². The molecule has 1 N–H and O–H groups in total. The van der Waals surface area contributed by atoms with E-state index in [9.17, 15) is 9.90 Å². The maximum Gasteiger partial charge on any atom is 0.178 e. The first kappa shape index (κ1) is 14.8. The van der Waals surface area contributed by atoms with E-state index in [1.807, 2.05) is 4.90 Å². The molecule has 19 heavy (non-hydrogen) atoms. The Hall–Kier alpha value is -0.610. The first-order valence-corrected chi connectivity index (χ1v) is 7.20. The zero-order chi connectivity index (χ0) is 13.8. The largest absolute Gasteiger partial charge is 0.395 e. The minimum atomic E-state index is -0.0259. The van der Waals surface area contributed by atoms with Gasteiger partial charge in [0.15, 0.2) is 5.78 Å². The lowest BCUT2D eigenvalue weighted by molar-refractivity contribution is 0.0711. The maximum atomic E-state index is 12.3. The highest BCUT2D eigenvalue weighted by Gasteiger charge is 2.24. The summed E-state index contributed by atoms with van der Waals surface area (Å²) < 4.78 is 0. The number of likely N-dealkylation sites (tertiary alicyclic amines) is 1. The van der Waals surface area contributed by atoms with Crippen molar-refractivity contribution in [3.05, 3.63) is 33.8 Å². The monoisotopic (exact) mass is 301 g/mol. The van der Waals surface area contributed by atoms with E-state index in [4.69, 9.17) is 23.2 Å². The zero-order valence-electron chi connectivity index (χ0n) is 10.6. The van der Waals surface area contributed by atoms with Gasteiger partial charge in [0, 0.05) is 16.6 Å². The molecule has 0 spiro atoms. The number of benzene rings is 1. The van der Waals surface area contributed by atoms with Gasteiger partial charge in [-0.2, -0.15) is 0 Å². The van der Waals surface area contributed by atoms with Crippen LogP contribution in [0.2, 0.25) is 10.0 Å². The second-order valence-corrected chi connectivity index (χ2v) is 5.69. The topological polar surface area (TPSA) is 40.5 Å². The molecular weight excluding hydrogens is 285 g/mol. The zero-order valence-corrected chi connectivity index (χ0v) is 12.1. The van der Waals surface area contributed by atoms with Crippen LogP contribution < -0.4 is 0 Å². The quantitative estimate of drug-likeness (QED) is 0.869. The minimum absolute atomic E-state index is 0.0259. The predicted octanol–water partition coefficient (Wildman–Crippen LogP) is 3.02. The number of carbonyl (C=O) groups excluding carboxylic acids is 1. The number of nitrogens with zero attached hydrogens (tertiary/aromatic N) is 1. The van der Waals surface area contributed by atoms with E-state index in [1.54, 1.807) is 18.2 Å². The fraction of sp³-hybridized carbons (Fsp3) is 0.500. The molecule has 0 amide bonds. The third-order valence-electron chi connectivity index (χ3n) is 3.54. The number of aliphatic hydroxyl groups is 1. The van der Waals surface area contributed by atoms with Crippen LogP contribution in [0, 0.1) is 0 Å². The van der Waals surface area contributed by atoms with Crippen molar-refractivity contribution >= 4 is 29.0 Å². The Balaban J connectivity index is 2.07. The van der Waals surface area contributed by atoms with Gasteiger partial charge in [0.1, 0.15) is 0 Å². The number of halogens is 2. The van der Waals surface area contributed by atoms with Crippen molar-refractivity contribution in [3.63, 3.8) is 0 Å². The van der Waals surface area contributed by atoms with Gasteiger partial charge in [-0.05, 0) is 37.6 Å². The Morgan fingerprint density at radius 2 is 2.16 bits per heavy atom. The molecule has 1 aromatic carbocycles.